The van der Waals surface area contributed by atoms with E-state index in [2.05, 4.69) is 0 Å². The first kappa shape index (κ1) is 8.94. The lowest BCUT2D eigenvalue weighted by Gasteiger charge is -2.02. The Morgan fingerprint density at radius 3 is 2.43 bits per heavy atom. The first-order chi connectivity index (χ1) is 6.79. The van der Waals surface area contributed by atoms with Crippen molar-refractivity contribution in [2.24, 2.45) is 5.92 Å². The van der Waals surface area contributed by atoms with E-state index in [4.69, 9.17) is 4.74 Å². The van der Waals surface area contributed by atoms with Crippen molar-refractivity contribution in [3.05, 3.63) is 29.8 Å². The molecule has 0 saturated heterocycles. The Balaban J connectivity index is 2.01. The van der Waals surface area contributed by atoms with Gasteiger partial charge in [0, 0.05) is 5.56 Å². The van der Waals surface area contributed by atoms with Gasteiger partial charge in [-0.15, -0.1) is 0 Å². The third kappa shape index (κ3) is 1.99. The van der Waals surface area contributed by atoms with E-state index in [-0.39, 0.29) is 11.9 Å². The number of hydrogen-bond donors (Lipinski definition) is 0. The molecule has 72 valence electrons. The zero-order valence-electron chi connectivity index (χ0n) is 7.60. The number of ether oxygens (including phenoxy) is 1. The van der Waals surface area contributed by atoms with Crippen molar-refractivity contribution >= 4 is 12.3 Å². The van der Waals surface area contributed by atoms with E-state index in [1.54, 1.807) is 24.3 Å². The number of carbonyl (C=O) groups is 2. The van der Waals surface area contributed by atoms with Gasteiger partial charge in [0.15, 0.2) is 0 Å². The lowest BCUT2D eigenvalue weighted by molar-refractivity contribution is -0.135. The number of rotatable bonds is 3. The molecule has 3 nitrogen and oxygen atoms in total. The van der Waals surface area contributed by atoms with Crippen molar-refractivity contribution < 1.29 is 14.3 Å². The molecule has 0 spiro atoms. The number of benzene rings is 1. The van der Waals surface area contributed by atoms with Gasteiger partial charge in [0.25, 0.3) is 0 Å². The van der Waals surface area contributed by atoms with Crippen molar-refractivity contribution in [3.8, 4) is 5.75 Å². The molecular formula is C11H10O3. The maximum atomic E-state index is 11.2. The van der Waals surface area contributed by atoms with Gasteiger partial charge in [0.1, 0.15) is 12.0 Å². The smallest absolute Gasteiger partial charge is 0.314 e. The second kappa shape index (κ2) is 3.62. The second-order valence-electron chi connectivity index (χ2n) is 3.38. The number of aldehydes is 1. The SMILES string of the molecule is O=Cc1ccc(OC(=O)C2CC2)cc1. The van der Waals surface area contributed by atoms with Gasteiger partial charge in [-0.3, -0.25) is 9.59 Å². The summed E-state index contributed by atoms with van der Waals surface area (Å²) in [7, 11) is 0. The Kier molecular flexibility index (Phi) is 2.31. The molecule has 2 rings (SSSR count). The Bertz CT molecular complexity index is 349. The monoisotopic (exact) mass is 190 g/mol. The molecule has 0 aliphatic heterocycles. The number of hydrogen-bond acceptors (Lipinski definition) is 3. The number of esters is 1. The summed E-state index contributed by atoms with van der Waals surface area (Å²) in [6.07, 6.45) is 2.63. The van der Waals surface area contributed by atoms with E-state index in [0.29, 0.717) is 11.3 Å². The number of carbonyl (C=O) groups excluding carboxylic acids is 2. The fraction of sp³-hybridized carbons (Fsp3) is 0.273. The van der Waals surface area contributed by atoms with Crippen molar-refractivity contribution in [3.63, 3.8) is 0 Å². The highest BCUT2D eigenvalue weighted by molar-refractivity contribution is 5.78. The molecule has 0 heterocycles. The molecule has 0 unspecified atom stereocenters. The first-order valence-corrected chi connectivity index (χ1v) is 4.56. The molecule has 1 aromatic carbocycles. The Labute approximate surface area is 81.7 Å². The molecule has 1 aromatic rings. The van der Waals surface area contributed by atoms with E-state index >= 15 is 0 Å². The van der Waals surface area contributed by atoms with Crippen molar-refractivity contribution in [2.45, 2.75) is 12.8 Å². The van der Waals surface area contributed by atoms with E-state index in [1.165, 1.54) is 0 Å². The molecule has 1 aliphatic rings. The van der Waals surface area contributed by atoms with Crippen LogP contribution in [0.4, 0.5) is 0 Å². The molecule has 0 radical (unpaired) electrons. The van der Waals surface area contributed by atoms with Gasteiger partial charge < -0.3 is 4.74 Å². The van der Waals surface area contributed by atoms with Crippen LogP contribution in [0.15, 0.2) is 24.3 Å². The molecule has 3 heteroatoms. The Hall–Kier alpha value is -1.64. The van der Waals surface area contributed by atoms with E-state index in [0.717, 1.165) is 19.1 Å². The molecule has 14 heavy (non-hydrogen) atoms. The van der Waals surface area contributed by atoms with Gasteiger partial charge >= 0.3 is 5.97 Å². The van der Waals surface area contributed by atoms with Crippen LogP contribution in [-0.2, 0) is 4.79 Å². The minimum atomic E-state index is -0.163. The molecule has 1 saturated carbocycles. The molecular weight excluding hydrogens is 180 g/mol. The van der Waals surface area contributed by atoms with Gasteiger partial charge in [0.05, 0.1) is 5.92 Å². The first-order valence-electron chi connectivity index (χ1n) is 4.56. The minimum absolute atomic E-state index is 0.0979. The molecule has 0 amide bonds. The summed E-state index contributed by atoms with van der Waals surface area (Å²) in [5.74, 6) is 0.442. The average Bonchev–Trinajstić information content (AvgIpc) is 3.02. The summed E-state index contributed by atoms with van der Waals surface area (Å²) in [5, 5.41) is 0. The maximum Gasteiger partial charge on any atom is 0.314 e. The molecule has 1 fully saturated rings. The quantitative estimate of drug-likeness (QED) is 0.415. The fourth-order valence-corrected chi connectivity index (χ4v) is 1.13. The largest absolute Gasteiger partial charge is 0.426 e. The molecule has 0 N–H and O–H groups in total. The zero-order valence-corrected chi connectivity index (χ0v) is 7.60. The zero-order chi connectivity index (χ0) is 9.97. The summed E-state index contributed by atoms with van der Waals surface area (Å²) < 4.78 is 5.08. The summed E-state index contributed by atoms with van der Waals surface area (Å²) in [4.78, 5) is 21.6. The minimum Gasteiger partial charge on any atom is -0.426 e. The van der Waals surface area contributed by atoms with Crippen LogP contribution in [0, 0.1) is 5.92 Å². The molecule has 1 aliphatic carbocycles. The van der Waals surface area contributed by atoms with Crippen LogP contribution >= 0.6 is 0 Å². The molecule has 0 bridgehead atoms. The van der Waals surface area contributed by atoms with Gasteiger partial charge in [-0.05, 0) is 37.1 Å². The highest BCUT2D eigenvalue weighted by Gasteiger charge is 2.31. The predicted molar refractivity (Wildman–Crippen MR) is 50.2 cm³/mol. The molecule has 0 aromatic heterocycles. The average molecular weight is 190 g/mol. The van der Waals surface area contributed by atoms with Crippen LogP contribution in [0.1, 0.15) is 23.2 Å². The van der Waals surface area contributed by atoms with Crippen molar-refractivity contribution in [1.82, 2.24) is 0 Å². The van der Waals surface area contributed by atoms with Crippen LogP contribution in [0.3, 0.4) is 0 Å². The van der Waals surface area contributed by atoms with Gasteiger partial charge in [0.2, 0.25) is 0 Å². The summed E-state index contributed by atoms with van der Waals surface area (Å²) >= 11 is 0. The summed E-state index contributed by atoms with van der Waals surface area (Å²) in [6.45, 7) is 0. The maximum absolute atomic E-state index is 11.2. The molecule has 0 atom stereocenters. The van der Waals surface area contributed by atoms with Crippen molar-refractivity contribution in [1.29, 1.82) is 0 Å². The van der Waals surface area contributed by atoms with Crippen LogP contribution < -0.4 is 4.74 Å². The van der Waals surface area contributed by atoms with Gasteiger partial charge in [-0.2, -0.15) is 0 Å². The van der Waals surface area contributed by atoms with Crippen LogP contribution in [0.25, 0.3) is 0 Å². The standard InChI is InChI=1S/C11H10O3/c12-7-8-1-5-10(6-2-8)14-11(13)9-3-4-9/h1-2,5-7,9H,3-4H2. The fourth-order valence-electron chi connectivity index (χ4n) is 1.13. The third-order valence-electron chi connectivity index (χ3n) is 2.15. The normalized spacial score (nSPS) is 14.9. The third-order valence-corrected chi connectivity index (χ3v) is 2.15. The van der Waals surface area contributed by atoms with Crippen LogP contribution in [-0.4, -0.2) is 12.3 Å². The Morgan fingerprint density at radius 2 is 1.93 bits per heavy atom. The summed E-state index contributed by atoms with van der Waals surface area (Å²) in [5.41, 5.74) is 0.580. The van der Waals surface area contributed by atoms with Crippen molar-refractivity contribution in [2.75, 3.05) is 0 Å². The van der Waals surface area contributed by atoms with Gasteiger partial charge in [-0.1, -0.05) is 0 Å². The second-order valence-corrected chi connectivity index (χ2v) is 3.38. The highest BCUT2D eigenvalue weighted by Crippen LogP contribution is 2.30. The predicted octanol–water partition coefficient (Wildman–Crippen LogP) is 1.81. The van der Waals surface area contributed by atoms with E-state index in [1.807, 2.05) is 0 Å². The van der Waals surface area contributed by atoms with Crippen LogP contribution in [0.5, 0.6) is 5.75 Å². The van der Waals surface area contributed by atoms with Crippen LogP contribution in [0.2, 0.25) is 0 Å². The highest BCUT2D eigenvalue weighted by atomic mass is 16.5. The lowest BCUT2D eigenvalue weighted by atomic mass is 10.2. The topological polar surface area (TPSA) is 43.4 Å². The van der Waals surface area contributed by atoms with E-state index in [9.17, 15) is 9.59 Å². The summed E-state index contributed by atoms with van der Waals surface area (Å²) in [6, 6.07) is 6.51. The van der Waals surface area contributed by atoms with Gasteiger partial charge in [-0.25, -0.2) is 0 Å². The lowest BCUT2D eigenvalue weighted by Crippen LogP contribution is -2.09. The van der Waals surface area contributed by atoms with E-state index < -0.39 is 0 Å². The Morgan fingerprint density at radius 1 is 1.29 bits per heavy atom.